The number of hydrogen-bond acceptors (Lipinski definition) is 3. The van der Waals surface area contributed by atoms with Crippen molar-refractivity contribution in [2.75, 3.05) is 0 Å². The Hall–Kier alpha value is -3.60. The molecule has 0 fully saturated rings. The van der Waals surface area contributed by atoms with E-state index in [-0.39, 0.29) is 11.3 Å². The average Bonchev–Trinajstić information content (AvgIpc) is 2.91. The number of fused-ring (bicyclic) bond motifs is 1. The fourth-order valence-corrected chi connectivity index (χ4v) is 3.28. The summed E-state index contributed by atoms with van der Waals surface area (Å²) in [6.07, 6.45) is 1.57. The maximum atomic E-state index is 12.7. The summed E-state index contributed by atoms with van der Waals surface area (Å²) in [6.45, 7) is 0. The van der Waals surface area contributed by atoms with Gasteiger partial charge >= 0.3 is 0 Å². The van der Waals surface area contributed by atoms with Crippen LogP contribution in [-0.2, 0) is 14.1 Å². The third-order valence-electron chi connectivity index (χ3n) is 4.81. The molecule has 0 unspecified atom stereocenters. The maximum Gasteiger partial charge on any atom is 0.292 e. The van der Waals surface area contributed by atoms with Crippen LogP contribution in [0.2, 0.25) is 0 Å². The number of phenols is 1. The summed E-state index contributed by atoms with van der Waals surface area (Å²) < 4.78 is 3.31. The van der Waals surface area contributed by atoms with Crippen LogP contribution in [0.25, 0.3) is 22.0 Å². The lowest BCUT2D eigenvalue weighted by atomic mass is 10.0. The van der Waals surface area contributed by atoms with E-state index in [1.165, 1.54) is 4.68 Å². The van der Waals surface area contributed by atoms with Crippen molar-refractivity contribution in [3.8, 4) is 17.0 Å². The van der Waals surface area contributed by atoms with Gasteiger partial charge in [-0.2, -0.15) is 0 Å². The number of benzene rings is 3. The number of nitrogens with zero attached hydrogens (tertiary/aromatic N) is 3. The highest BCUT2D eigenvalue weighted by Crippen LogP contribution is 2.29. The number of aromatic hydroxyl groups is 1. The lowest BCUT2D eigenvalue weighted by molar-refractivity contribution is 0.475. The van der Waals surface area contributed by atoms with Crippen LogP contribution in [0.15, 0.2) is 76.5 Å². The lowest BCUT2D eigenvalue weighted by Crippen LogP contribution is -2.16. The Morgan fingerprint density at radius 3 is 2.37 bits per heavy atom. The van der Waals surface area contributed by atoms with Gasteiger partial charge in [0, 0.05) is 31.4 Å². The highest BCUT2D eigenvalue weighted by molar-refractivity contribution is 6.03. The molecule has 27 heavy (non-hydrogen) atoms. The molecular formula is C22H19N3O2. The Bertz CT molecular complexity index is 1220. The Kier molecular flexibility index (Phi) is 4.12. The van der Waals surface area contributed by atoms with Gasteiger partial charge in [-0.05, 0) is 16.8 Å². The van der Waals surface area contributed by atoms with Gasteiger partial charge in [-0.3, -0.25) is 14.2 Å². The van der Waals surface area contributed by atoms with Crippen molar-refractivity contribution >= 4 is 22.7 Å². The molecule has 5 heteroatoms. The van der Waals surface area contributed by atoms with E-state index in [0.717, 1.165) is 22.0 Å². The van der Waals surface area contributed by atoms with Crippen molar-refractivity contribution in [2.24, 2.45) is 19.1 Å². The smallest absolute Gasteiger partial charge is 0.292 e. The molecule has 0 aliphatic carbocycles. The first-order valence-electron chi connectivity index (χ1n) is 8.64. The molecule has 4 aromatic rings. The van der Waals surface area contributed by atoms with Crippen molar-refractivity contribution in [3.05, 3.63) is 82.6 Å². The van der Waals surface area contributed by atoms with Gasteiger partial charge in [-0.15, -0.1) is 0 Å². The highest BCUT2D eigenvalue weighted by Gasteiger charge is 2.17. The fourth-order valence-electron chi connectivity index (χ4n) is 3.28. The largest absolute Gasteiger partial charge is 0.507 e. The Balaban J connectivity index is 1.91. The van der Waals surface area contributed by atoms with E-state index in [4.69, 9.17) is 0 Å². The summed E-state index contributed by atoms with van der Waals surface area (Å²) in [7, 11) is 3.54. The highest BCUT2D eigenvalue weighted by atomic mass is 16.3. The van der Waals surface area contributed by atoms with Crippen LogP contribution in [-0.4, -0.2) is 20.7 Å². The number of rotatable bonds is 3. The molecule has 0 saturated carbocycles. The molecule has 0 aliphatic heterocycles. The molecule has 0 bridgehead atoms. The van der Waals surface area contributed by atoms with E-state index in [0.29, 0.717) is 11.3 Å². The van der Waals surface area contributed by atoms with E-state index in [1.807, 2.05) is 67.7 Å². The van der Waals surface area contributed by atoms with E-state index in [9.17, 15) is 9.90 Å². The van der Waals surface area contributed by atoms with Gasteiger partial charge in [0.05, 0.1) is 5.69 Å². The molecule has 0 amide bonds. The summed E-state index contributed by atoms with van der Waals surface area (Å²) in [4.78, 5) is 17.2. The van der Waals surface area contributed by atoms with E-state index >= 15 is 0 Å². The Morgan fingerprint density at radius 2 is 1.59 bits per heavy atom. The molecule has 1 N–H and O–H groups in total. The van der Waals surface area contributed by atoms with Crippen LogP contribution in [0.4, 0.5) is 5.69 Å². The molecule has 1 aromatic heterocycles. The molecule has 5 nitrogen and oxygen atoms in total. The predicted octanol–water partition coefficient (Wildman–Crippen LogP) is 4.00. The van der Waals surface area contributed by atoms with Crippen LogP contribution < -0.4 is 5.56 Å². The third kappa shape index (κ3) is 2.83. The molecule has 1 heterocycles. The second-order valence-electron chi connectivity index (χ2n) is 6.39. The molecule has 0 saturated heterocycles. The standard InChI is InChI=1S/C22H19N3O2/c1-24-21(16-9-4-3-5-10-16)20(22(27)25(24)2)23-14-18-17-11-7-6-8-15(17)12-13-19(18)26/h3-14,26H,1-2H3. The monoisotopic (exact) mass is 357 g/mol. The molecule has 0 spiro atoms. The zero-order chi connectivity index (χ0) is 19.0. The first kappa shape index (κ1) is 16.8. The number of phenolic OH excluding ortho intramolecular Hbond substituents is 1. The van der Waals surface area contributed by atoms with E-state index in [1.54, 1.807) is 24.0 Å². The second-order valence-corrected chi connectivity index (χ2v) is 6.39. The first-order valence-corrected chi connectivity index (χ1v) is 8.64. The van der Waals surface area contributed by atoms with Crippen LogP contribution >= 0.6 is 0 Å². The molecule has 134 valence electrons. The normalized spacial score (nSPS) is 11.5. The van der Waals surface area contributed by atoms with Crippen LogP contribution in [0.5, 0.6) is 5.75 Å². The van der Waals surface area contributed by atoms with Gasteiger partial charge in [0.1, 0.15) is 5.75 Å². The van der Waals surface area contributed by atoms with Crippen LogP contribution in [0.3, 0.4) is 0 Å². The van der Waals surface area contributed by atoms with E-state index < -0.39 is 0 Å². The quantitative estimate of drug-likeness (QED) is 0.564. The minimum atomic E-state index is -0.188. The van der Waals surface area contributed by atoms with Gasteiger partial charge < -0.3 is 5.11 Å². The average molecular weight is 357 g/mol. The van der Waals surface area contributed by atoms with Crippen LogP contribution in [0, 0.1) is 0 Å². The summed E-state index contributed by atoms with van der Waals surface area (Å²) >= 11 is 0. The van der Waals surface area contributed by atoms with Gasteiger partial charge in [0.2, 0.25) is 0 Å². The van der Waals surface area contributed by atoms with Crippen molar-refractivity contribution in [2.45, 2.75) is 0 Å². The predicted molar refractivity (Wildman–Crippen MR) is 109 cm³/mol. The molecule has 3 aromatic carbocycles. The summed E-state index contributed by atoms with van der Waals surface area (Å²) in [6, 6.07) is 20.9. The lowest BCUT2D eigenvalue weighted by Gasteiger charge is -2.06. The number of aliphatic imine (C=N–C) groups is 1. The van der Waals surface area contributed by atoms with Gasteiger partial charge in [-0.25, -0.2) is 4.99 Å². The molecule has 0 atom stereocenters. The third-order valence-corrected chi connectivity index (χ3v) is 4.81. The molecule has 0 aliphatic rings. The molecule has 0 radical (unpaired) electrons. The molecular weight excluding hydrogens is 338 g/mol. The topological polar surface area (TPSA) is 59.5 Å². The second kappa shape index (κ2) is 6.61. The van der Waals surface area contributed by atoms with Gasteiger partial charge in [0.25, 0.3) is 5.56 Å². The first-order chi connectivity index (χ1) is 13.1. The van der Waals surface area contributed by atoms with Crippen LogP contribution in [0.1, 0.15) is 5.56 Å². The van der Waals surface area contributed by atoms with Gasteiger partial charge in [-0.1, -0.05) is 60.7 Å². The SMILES string of the molecule is Cn1c(-c2ccccc2)c(N=Cc2c(O)ccc3ccccc23)c(=O)n1C. The zero-order valence-electron chi connectivity index (χ0n) is 15.1. The minimum Gasteiger partial charge on any atom is -0.507 e. The number of aromatic nitrogens is 2. The van der Waals surface area contributed by atoms with Crippen molar-refractivity contribution in [1.82, 2.24) is 9.36 Å². The summed E-state index contributed by atoms with van der Waals surface area (Å²) in [5.74, 6) is 0.131. The van der Waals surface area contributed by atoms with Crippen molar-refractivity contribution in [1.29, 1.82) is 0 Å². The summed E-state index contributed by atoms with van der Waals surface area (Å²) in [5.41, 5.74) is 2.40. The van der Waals surface area contributed by atoms with Crippen molar-refractivity contribution in [3.63, 3.8) is 0 Å². The van der Waals surface area contributed by atoms with Crippen molar-refractivity contribution < 1.29 is 5.11 Å². The minimum absolute atomic E-state index is 0.131. The fraction of sp³-hybridized carbons (Fsp3) is 0.0909. The maximum absolute atomic E-state index is 12.7. The van der Waals surface area contributed by atoms with Gasteiger partial charge in [0.15, 0.2) is 5.69 Å². The van der Waals surface area contributed by atoms with E-state index in [2.05, 4.69) is 4.99 Å². The number of hydrogen-bond donors (Lipinski definition) is 1. The summed E-state index contributed by atoms with van der Waals surface area (Å²) in [5, 5.41) is 12.2. The Labute approximate surface area is 156 Å². The zero-order valence-corrected chi connectivity index (χ0v) is 15.1. The molecule has 4 rings (SSSR count). The Morgan fingerprint density at radius 1 is 0.889 bits per heavy atom.